The molecule has 0 spiro atoms. The fourth-order valence-electron chi connectivity index (χ4n) is 5.76. The number of amides is 3. The topological polar surface area (TPSA) is 126 Å². The van der Waals surface area contributed by atoms with Crippen molar-refractivity contribution in [3.63, 3.8) is 0 Å². The first-order valence-electron chi connectivity index (χ1n) is 13.9. The van der Waals surface area contributed by atoms with E-state index in [1.165, 1.54) is 0 Å². The normalized spacial score (nSPS) is 19.8. The van der Waals surface area contributed by atoms with E-state index >= 15 is 0 Å². The van der Waals surface area contributed by atoms with Gasteiger partial charge in [0.25, 0.3) is 0 Å². The van der Waals surface area contributed by atoms with E-state index in [0.717, 1.165) is 59.0 Å². The van der Waals surface area contributed by atoms with Crippen LogP contribution in [0.4, 0.5) is 0 Å². The maximum Gasteiger partial charge on any atom is 0.243 e. The SMILES string of the molecule is Cn1nnc2cc(CNC(=O)C3CC(Cc4ccc(Br)cc4)CN3C(=O)C(N)CCC(=O)N3CCCC3)ccc21. The molecule has 3 heterocycles. The van der Waals surface area contributed by atoms with E-state index in [0.29, 0.717) is 19.5 Å². The van der Waals surface area contributed by atoms with Crippen LogP contribution in [0.1, 0.15) is 43.2 Å². The molecule has 0 saturated carbocycles. The third kappa shape index (κ3) is 6.52. The number of hydrogen-bond acceptors (Lipinski definition) is 6. The van der Waals surface area contributed by atoms with Gasteiger partial charge in [-0.2, -0.15) is 0 Å². The van der Waals surface area contributed by atoms with Gasteiger partial charge in [0.15, 0.2) is 0 Å². The molecule has 2 fully saturated rings. The average molecular weight is 611 g/mol. The summed E-state index contributed by atoms with van der Waals surface area (Å²) in [4.78, 5) is 43.0. The van der Waals surface area contributed by atoms with E-state index in [4.69, 9.17) is 5.73 Å². The van der Waals surface area contributed by atoms with Crippen LogP contribution >= 0.6 is 15.9 Å². The van der Waals surface area contributed by atoms with Crippen molar-refractivity contribution in [1.29, 1.82) is 0 Å². The smallest absolute Gasteiger partial charge is 0.243 e. The minimum atomic E-state index is -0.827. The Morgan fingerprint density at radius 2 is 1.82 bits per heavy atom. The molecule has 212 valence electrons. The predicted octanol–water partition coefficient (Wildman–Crippen LogP) is 2.54. The second-order valence-corrected chi connectivity index (χ2v) is 11.8. The third-order valence-electron chi connectivity index (χ3n) is 8.00. The summed E-state index contributed by atoms with van der Waals surface area (Å²) in [7, 11) is 1.83. The highest BCUT2D eigenvalue weighted by atomic mass is 79.9. The minimum absolute atomic E-state index is 0.0460. The predicted molar refractivity (Wildman–Crippen MR) is 155 cm³/mol. The van der Waals surface area contributed by atoms with Crippen LogP contribution in [0.2, 0.25) is 0 Å². The number of aryl methyl sites for hydroxylation is 1. The number of halogens is 1. The van der Waals surface area contributed by atoms with Crippen molar-refractivity contribution in [1.82, 2.24) is 30.1 Å². The molecule has 1 aromatic heterocycles. The Hall–Kier alpha value is -3.31. The second kappa shape index (κ2) is 12.5. The van der Waals surface area contributed by atoms with Gasteiger partial charge in [-0.25, -0.2) is 4.68 Å². The monoisotopic (exact) mass is 609 g/mol. The van der Waals surface area contributed by atoms with Crippen LogP contribution in [0.3, 0.4) is 0 Å². The molecule has 0 radical (unpaired) electrons. The zero-order valence-corrected chi connectivity index (χ0v) is 24.3. The Kier molecular flexibility index (Phi) is 8.80. The van der Waals surface area contributed by atoms with Gasteiger partial charge in [0, 0.05) is 44.1 Å². The lowest BCUT2D eigenvalue weighted by atomic mass is 9.96. The van der Waals surface area contributed by atoms with Gasteiger partial charge in [-0.1, -0.05) is 39.3 Å². The number of rotatable bonds is 9. The summed E-state index contributed by atoms with van der Waals surface area (Å²) in [6.45, 7) is 2.32. The number of nitrogens with two attached hydrogens (primary N) is 1. The van der Waals surface area contributed by atoms with E-state index in [1.54, 1.807) is 9.58 Å². The van der Waals surface area contributed by atoms with Gasteiger partial charge in [0.2, 0.25) is 17.7 Å². The molecule has 2 saturated heterocycles. The number of fused-ring (bicyclic) bond motifs is 1. The molecule has 0 aliphatic carbocycles. The first kappa shape index (κ1) is 28.2. The number of nitrogens with zero attached hydrogens (tertiary/aromatic N) is 5. The molecule has 5 rings (SSSR count). The lowest BCUT2D eigenvalue weighted by molar-refractivity contribution is -0.140. The summed E-state index contributed by atoms with van der Waals surface area (Å²) >= 11 is 3.47. The molecule has 3 amide bonds. The molecule has 2 aliphatic rings. The van der Waals surface area contributed by atoms with Gasteiger partial charge in [-0.15, -0.1) is 5.10 Å². The minimum Gasteiger partial charge on any atom is -0.350 e. The Labute approximate surface area is 242 Å². The van der Waals surface area contributed by atoms with E-state index < -0.39 is 12.1 Å². The van der Waals surface area contributed by atoms with Crippen molar-refractivity contribution < 1.29 is 14.4 Å². The van der Waals surface area contributed by atoms with Crippen LogP contribution in [-0.4, -0.2) is 74.2 Å². The quantitative estimate of drug-likeness (QED) is 0.384. The maximum absolute atomic E-state index is 13.5. The van der Waals surface area contributed by atoms with E-state index in [2.05, 4.69) is 43.7 Å². The molecule has 3 N–H and O–H groups in total. The zero-order valence-electron chi connectivity index (χ0n) is 22.8. The molecule has 40 heavy (non-hydrogen) atoms. The number of hydrogen-bond donors (Lipinski definition) is 2. The standard InChI is InChI=1S/C29H36BrN7O3/c1-35-25-10-6-20(15-24(25)33-34-35)17-32-28(39)26-16-21(14-19-4-7-22(30)8-5-19)18-37(26)29(40)23(31)9-11-27(38)36-12-2-3-13-36/h4-8,10,15,21,23,26H,2-3,9,11-14,16-18,31H2,1H3,(H,32,39). The number of likely N-dealkylation sites (tertiary alicyclic amines) is 2. The van der Waals surface area contributed by atoms with Crippen molar-refractivity contribution in [2.45, 2.75) is 57.2 Å². The Balaban J connectivity index is 1.25. The van der Waals surface area contributed by atoms with Gasteiger partial charge >= 0.3 is 0 Å². The highest BCUT2D eigenvalue weighted by Gasteiger charge is 2.41. The first-order chi connectivity index (χ1) is 19.3. The molecule has 3 atom stereocenters. The fourth-order valence-corrected chi connectivity index (χ4v) is 6.02. The van der Waals surface area contributed by atoms with Gasteiger partial charge < -0.3 is 20.9 Å². The van der Waals surface area contributed by atoms with E-state index in [9.17, 15) is 14.4 Å². The number of aromatic nitrogens is 3. The van der Waals surface area contributed by atoms with Gasteiger partial charge in [-0.05, 0) is 73.4 Å². The van der Waals surface area contributed by atoms with Gasteiger partial charge in [0.05, 0.1) is 11.6 Å². The summed E-state index contributed by atoms with van der Waals surface area (Å²) in [5.41, 5.74) is 10.1. The lowest BCUT2D eigenvalue weighted by Crippen LogP contribution is -2.51. The highest BCUT2D eigenvalue weighted by Crippen LogP contribution is 2.28. The molecule has 10 nitrogen and oxygen atoms in total. The van der Waals surface area contributed by atoms with Crippen LogP contribution in [-0.2, 0) is 34.4 Å². The van der Waals surface area contributed by atoms with Gasteiger partial charge in [0.1, 0.15) is 11.6 Å². The van der Waals surface area contributed by atoms with Crippen molar-refractivity contribution in [3.8, 4) is 0 Å². The molecule has 11 heteroatoms. The van der Waals surface area contributed by atoms with Crippen molar-refractivity contribution in [3.05, 3.63) is 58.1 Å². The van der Waals surface area contributed by atoms with Crippen LogP contribution in [0, 0.1) is 5.92 Å². The average Bonchev–Trinajstić information content (AvgIpc) is 3.72. The number of nitrogens with one attached hydrogen (secondary N) is 1. The van der Waals surface area contributed by atoms with E-state index in [1.807, 2.05) is 42.3 Å². The summed E-state index contributed by atoms with van der Waals surface area (Å²) < 4.78 is 2.71. The van der Waals surface area contributed by atoms with Crippen LogP contribution in [0.5, 0.6) is 0 Å². The summed E-state index contributed by atoms with van der Waals surface area (Å²) in [5.74, 6) is -0.306. The summed E-state index contributed by atoms with van der Waals surface area (Å²) in [6.07, 6.45) is 3.86. The van der Waals surface area contributed by atoms with Crippen molar-refractivity contribution >= 4 is 44.7 Å². The Morgan fingerprint density at radius 1 is 1.10 bits per heavy atom. The number of benzene rings is 2. The number of carbonyl (C=O) groups is 3. The summed E-state index contributed by atoms with van der Waals surface area (Å²) in [6, 6.07) is 12.4. The largest absolute Gasteiger partial charge is 0.350 e. The molecular weight excluding hydrogens is 574 g/mol. The maximum atomic E-state index is 13.5. The molecule has 2 aromatic carbocycles. The molecule has 0 bridgehead atoms. The van der Waals surface area contributed by atoms with Crippen LogP contribution < -0.4 is 11.1 Å². The lowest BCUT2D eigenvalue weighted by Gasteiger charge is -2.27. The molecule has 3 aromatic rings. The molecule has 3 unspecified atom stereocenters. The van der Waals surface area contributed by atoms with E-state index in [-0.39, 0.29) is 36.5 Å². The first-order valence-corrected chi connectivity index (χ1v) is 14.7. The molecule has 2 aliphatic heterocycles. The molecular formula is C29H36BrN7O3. The van der Waals surface area contributed by atoms with Gasteiger partial charge in [-0.3, -0.25) is 14.4 Å². The Morgan fingerprint density at radius 3 is 2.58 bits per heavy atom. The third-order valence-corrected chi connectivity index (χ3v) is 8.53. The van der Waals surface area contributed by atoms with Crippen molar-refractivity contribution in [2.75, 3.05) is 19.6 Å². The summed E-state index contributed by atoms with van der Waals surface area (Å²) in [5, 5.41) is 11.2. The van der Waals surface area contributed by atoms with Crippen molar-refractivity contribution in [2.24, 2.45) is 18.7 Å². The van der Waals surface area contributed by atoms with Crippen LogP contribution in [0.25, 0.3) is 11.0 Å². The second-order valence-electron chi connectivity index (χ2n) is 10.9. The Bertz CT molecular complexity index is 1370. The number of carbonyl (C=O) groups excluding carboxylic acids is 3. The fraction of sp³-hybridized carbons (Fsp3) is 0.483. The zero-order chi connectivity index (χ0) is 28.2. The van der Waals surface area contributed by atoms with Crippen LogP contribution in [0.15, 0.2) is 46.9 Å². The highest BCUT2D eigenvalue weighted by molar-refractivity contribution is 9.10.